The van der Waals surface area contributed by atoms with Crippen LogP contribution in [0.1, 0.15) is 76.2 Å². The Morgan fingerprint density at radius 2 is 0.701 bits per heavy atom. The van der Waals surface area contributed by atoms with E-state index in [-0.39, 0.29) is 0 Å². The van der Waals surface area contributed by atoms with Crippen LogP contribution in [0.15, 0.2) is 0 Å². The lowest BCUT2D eigenvalue weighted by Crippen LogP contribution is -2.65. The SMILES string of the molecule is CC(=O)OCC1OC(OCC2OC(COC(C)=O)(OC3OC(COC(C)=O)C(OC(C)=O)C(OC(C)=O)C3OC(C)=O)C(OC(C)=O)C2OC(C)=O)C(OC(C)=O)C(OC(C)=O)C1OC(C)=O. The molecular formula is C40H54O27. The second-order valence-electron chi connectivity index (χ2n) is 14.9. The van der Waals surface area contributed by atoms with Gasteiger partial charge in [0.1, 0.15) is 38.1 Å². The molecular weight excluding hydrogens is 912 g/mol. The molecule has 14 atom stereocenters. The van der Waals surface area contributed by atoms with E-state index >= 15 is 0 Å². The van der Waals surface area contributed by atoms with Gasteiger partial charge in [0, 0.05) is 76.2 Å². The van der Waals surface area contributed by atoms with E-state index < -0.39 is 178 Å². The van der Waals surface area contributed by atoms with Crippen LogP contribution in [-0.4, -0.2) is 178 Å². The lowest BCUT2D eigenvalue weighted by molar-refractivity contribution is -0.385. The van der Waals surface area contributed by atoms with Gasteiger partial charge < -0.3 is 75.8 Å². The molecule has 0 aromatic heterocycles. The molecule has 14 unspecified atom stereocenters. The number of carbonyl (C=O) groups is 11. The largest absolute Gasteiger partial charge is 0.463 e. The van der Waals surface area contributed by atoms with Gasteiger partial charge in [0.05, 0.1) is 6.61 Å². The Hall–Kier alpha value is -6.03. The summed E-state index contributed by atoms with van der Waals surface area (Å²) in [5.41, 5.74) is 0. The van der Waals surface area contributed by atoms with E-state index in [9.17, 15) is 52.7 Å². The van der Waals surface area contributed by atoms with E-state index in [2.05, 4.69) is 0 Å². The van der Waals surface area contributed by atoms with Crippen molar-refractivity contribution in [3.05, 3.63) is 0 Å². The zero-order chi connectivity index (χ0) is 50.5. The molecule has 3 aliphatic rings. The average molecular weight is 967 g/mol. The number of esters is 11. The fourth-order valence-electron chi connectivity index (χ4n) is 7.07. The first-order valence-corrected chi connectivity index (χ1v) is 20.3. The predicted octanol–water partition coefficient (Wildman–Crippen LogP) is -1.29. The van der Waals surface area contributed by atoms with Gasteiger partial charge in [-0.1, -0.05) is 0 Å². The molecule has 27 heteroatoms. The van der Waals surface area contributed by atoms with Crippen molar-refractivity contribution in [3.63, 3.8) is 0 Å². The highest BCUT2D eigenvalue weighted by molar-refractivity contribution is 5.71. The molecule has 3 aliphatic heterocycles. The summed E-state index contributed by atoms with van der Waals surface area (Å²) in [7, 11) is 0. The standard InChI is InChI=1S/C40H54O27/c1-16(41)52-12-27-30(56-19(4)44)33(59-22(7)47)35(61-24(9)49)38(64-27)54-14-29-32(58-21(6)46)37(63-26(11)51)40(66-29,15-55-18(3)43)67-39-36(62-25(10)50)34(60-23(8)48)31(57-20(5)45)28(65-39)13-53-17(2)42/h27-39H,12-15H2,1-11H3. The molecule has 0 aromatic carbocycles. The van der Waals surface area contributed by atoms with Crippen molar-refractivity contribution in [2.45, 2.75) is 162 Å². The van der Waals surface area contributed by atoms with Crippen LogP contribution in [0, 0.1) is 0 Å². The van der Waals surface area contributed by atoms with Crippen LogP contribution in [0.3, 0.4) is 0 Å². The van der Waals surface area contributed by atoms with E-state index in [1.165, 1.54) is 0 Å². The Kier molecular flexibility index (Phi) is 20.3. The highest BCUT2D eigenvalue weighted by Crippen LogP contribution is 2.42. The zero-order valence-electron chi connectivity index (χ0n) is 38.4. The monoisotopic (exact) mass is 966 g/mol. The minimum absolute atomic E-state index is 0.641. The molecule has 376 valence electrons. The summed E-state index contributed by atoms with van der Waals surface area (Å²) in [5, 5.41) is 0. The smallest absolute Gasteiger partial charge is 0.303 e. The van der Waals surface area contributed by atoms with Gasteiger partial charge in [-0.15, -0.1) is 0 Å². The van der Waals surface area contributed by atoms with Crippen molar-refractivity contribution >= 4 is 65.7 Å². The molecule has 0 aliphatic carbocycles. The number of ether oxygens (including phenoxy) is 16. The van der Waals surface area contributed by atoms with Gasteiger partial charge in [-0.2, -0.15) is 0 Å². The Labute approximate surface area is 382 Å². The minimum Gasteiger partial charge on any atom is -0.463 e. The molecule has 0 spiro atoms. The molecule has 0 aromatic rings. The summed E-state index contributed by atoms with van der Waals surface area (Å²) >= 11 is 0. The molecule has 0 N–H and O–H groups in total. The lowest BCUT2D eigenvalue weighted by Gasteiger charge is -2.46. The highest BCUT2D eigenvalue weighted by Gasteiger charge is 2.65. The number of carbonyl (C=O) groups excluding carboxylic acids is 11. The maximum Gasteiger partial charge on any atom is 0.303 e. The van der Waals surface area contributed by atoms with E-state index in [1.54, 1.807) is 0 Å². The molecule has 3 fully saturated rings. The third-order valence-electron chi connectivity index (χ3n) is 9.16. The van der Waals surface area contributed by atoms with Crippen LogP contribution in [0.25, 0.3) is 0 Å². The fourth-order valence-corrected chi connectivity index (χ4v) is 7.07. The van der Waals surface area contributed by atoms with Gasteiger partial charge in [0.15, 0.2) is 55.1 Å². The molecule has 27 nitrogen and oxygen atoms in total. The minimum atomic E-state index is -2.73. The highest BCUT2D eigenvalue weighted by atomic mass is 16.8. The van der Waals surface area contributed by atoms with Gasteiger partial charge in [-0.05, 0) is 0 Å². The number of hydrogen-bond donors (Lipinski definition) is 0. The van der Waals surface area contributed by atoms with Crippen molar-refractivity contribution in [1.29, 1.82) is 0 Å². The number of hydrogen-bond acceptors (Lipinski definition) is 27. The Balaban J connectivity index is 2.26. The summed E-state index contributed by atoms with van der Waals surface area (Å²) in [4.78, 5) is 137. The summed E-state index contributed by atoms with van der Waals surface area (Å²) in [5.74, 6) is -13.4. The van der Waals surface area contributed by atoms with Crippen LogP contribution >= 0.6 is 0 Å². The zero-order valence-corrected chi connectivity index (χ0v) is 38.4. The molecule has 0 saturated carbocycles. The van der Waals surface area contributed by atoms with E-state index in [4.69, 9.17) is 75.8 Å². The first-order valence-electron chi connectivity index (χ1n) is 20.3. The van der Waals surface area contributed by atoms with Gasteiger partial charge >= 0.3 is 65.7 Å². The quantitative estimate of drug-likeness (QED) is 0.107. The fraction of sp³-hybridized carbons (Fsp3) is 0.725. The van der Waals surface area contributed by atoms with Crippen LogP contribution < -0.4 is 0 Å². The number of rotatable bonds is 19. The first-order chi connectivity index (χ1) is 31.2. The molecule has 3 rings (SSSR count). The van der Waals surface area contributed by atoms with Gasteiger partial charge in [0.2, 0.25) is 12.1 Å². The molecule has 67 heavy (non-hydrogen) atoms. The van der Waals surface area contributed by atoms with Crippen LogP contribution in [0.2, 0.25) is 0 Å². The van der Waals surface area contributed by atoms with Gasteiger partial charge in [-0.25, -0.2) is 0 Å². The predicted molar refractivity (Wildman–Crippen MR) is 206 cm³/mol. The lowest BCUT2D eigenvalue weighted by atomic mass is 9.97. The van der Waals surface area contributed by atoms with Crippen molar-refractivity contribution in [1.82, 2.24) is 0 Å². The topological polar surface area (TPSA) is 335 Å². The average Bonchev–Trinajstić information content (AvgIpc) is 3.44. The molecule has 0 bridgehead atoms. The van der Waals surface area contributed by atoms with E-state index in [0.29, 0.717) is 0 Å². The summed E-state index contributed by atoms with van der Waals surface area (Å²) in [6, 6.07) is 0. The third-order valence-corrected chi connectivity index (χ3v) is 9.16. The van der Waals surface area contributed by atoms with Crippen LogP contribution in [0.4, 0.5) is 0 Å². The van der Waals surface area contributed by atoms with E-state index in [1.807, 2.05) is 0 Å². The van der Waals surface area contributed by atoms with Gasteiger partial charge in [-0.3, -0.25) is 52.7 Å². The third kappa shape index (κ3) is 16.4. The second kappa shape index (κ2) is 24.7. The Morgan fingerprint density at radius 1 is 0.358 bits per heavy atom. The Bertz CT molecular complexity index is 1860. The Morgan fingerprint density at radius 3 is 1.09 bits per heavy atom. The van der Waals surface area contributed by atoms with Crippen molar-refractivity contribution in [3.8, 4) is 0 Å². The van der Waals surface area contributed by atoms with E-state index in [0.717, 1.165) is 76.2 Å². The van der Waals surface area contributed by atoms with Gasteiger partial charge in [0.25, 0.3) is 0 Å². The maximum atomic E-state index is 12.9. The summed E-state index contributed by atoms with van der Waals surface area (Å²) in [6.07, 6.45) is -23.1. The van der Waals surface area contributed by atoms with Crippen molar-refractivity contribution in [2.24, 2.45) is 0 Å². The molecule has 3 heterocycles. The molecule has 0 amide bonds. The van der Waals surface area contributed by atoms with Crippen molar-refractivity contribution < 1.29 is 129 Å². The molecule has 3 saturated heterocycles. The first kappa shape index (κ1) is 55.3. The normalized spacial score (nSPS) is 31.1. The summed E-state index contributed by atoms with van der Waals surface area (Å²) in [6.45, 7) is 7.50. The maximum absolute atomic E-state index is 12.9. The van der Waals surface area contributed by atoms with Crippen molar-refractivity contribution in [2.75, 3.05) is 26.4 Å². The summed E-state index contributed by atoms with van der Waals surface area (Å²) < 4.78 is 90.3. The van der Waals surface area contributed by atoms with Crippen LogP contribution in [0.5, 0.6) is 0 Å². The molecule has 0 radical (unpaired) electrons. The van der Waals surface area contributed by atoms with Crippen LogP contribution in [-0.2, 0) is 129 Å². The second-order valence-corrected chi connectivity index (χ2v) is 14.9.